The topological polar surface area (TPSA) is 105 Å². The quantitative estimate of drug-likeness (QED) is 0.477. The summed E-state index contributed by atoms with van der Waals surface area (Å²) in [5, 5.41) is 10.3. The molecule has 2 rings (SSSR count). The standard InChI is InChI=1S/C5H5N5O3/c11-10(12)3-1-6-4(8-3)5-7-2-13-9-5/h1H,2H2,(H,6,8)(H,7,9). The van der Waals surface area contributed by atoms with Gasteiger partial charge in [-0.2, -0.15) is 0 Å². The van der Waals surface area contributed by atoms with Crippen molar-refractivity contribution in [2.45, 2.75) is 0 Å². The number of H-pyrrole nitrogens is 1. The minimum atomic E-state index is -0.563. The van der Waals surface area contributed by atoms with Crippen molar-refractivity contribution in [3.05, 3.63) is 22.1 Å². The summed E-state index contributed by atoms with van der Waals surface area (Å²) >= 11 is 0. The van der Waals surface area contributed by atoms with E-state index < -0.39 is 4.92 Å². The summed E-state index contributed by atoms with van der Waals surface area (Å²) < 4.78 is 0. The Morgan fingerprint density at radius 1 is 1.69 bits per heavy atom. The highest BCUT2D eigenvalue weighted by molar-refractivity contribution is 5.95. The summed E-state index contributed by atoms with van der Waals surface area (Å²) in [5.41, 5.74) is 2.46. The van der Waals surface area contributed by atoms with Crippen molar-refractivity contribution >= 4 is 11.7 Å². The van der Waals surface area contributed by atoms with E-state index >= 15 is 0 Å². The van der Waals surface area contributed by atoms with Gasteiger partial charge < -0.3 is 10.1 Å². The fourth-order valence-electron chi connectivity index (χ4n) is 0.878. The molecule has 0 spiro atoms. The molecule has 8 nitrogen and oxygen atoms in total. The molecule has 0 radical (unpaired) electrons. The number of nitrogens with zero attached hydrogens (tertiary/aromatic N) is 3. The molecule has 0 saturated heterocycles. The molecule has 1 aromatic rings. The van der Waals surface area contributed by atoms with Gasteiger partial charge in [0.25, 0.3) is 5.82 Å². The first-order valence-electron chi connectivity index (χ1n) is 3.39. The lowest BCUT2D eigenvalue weighted by Gasteiger charge is -1.91. The van der Waals surface area contributed by atoms with E-state index in [1.54, 1.807) is 0 Å². The van der Waals surface area contributed by atoms with Gasteiger partial charge in [0.15, 0.2) is 6.73 Å². The molecule has 0 aromatic carbocycles. The Bertz CT molecular complexity index is 370. The van der Waals surface area contributed by atoms with Gasteiger partial charge in [-0.05, 0) is 4.92 Å². The minimum absolute atomic E-state index is 0.175. The zero-order chi connectivity index (χ0) is 9.26. The van der Waals surface area contributed by atoms with Crippen LogP contribution in [-0.2, 0) is 4.84 Å². The number of hydrogen-bond donors (Lipinski definition) is 2. The molecule has 0 bridgehead atoms. The predicted molar refractivity (Wildman–Crippen MR) is 40.9 cm³/mol. The van der Waals surface area contributed by atoms with Gasteiger partial charge in [-0.1, -0.05) is 0 Å². The minimum Gasteiger partial charge on any atom is -0.358 e. The molecule has 0 saturated carbocycles. The molecule has 2 N–H and O–H groups in total. The number of aliphatic imine (C=N–C) groups is 1. The largest absolute Gasteiger partial charge is 0.358 e. The van der Waals surface area contributed by atoms with E-state index in [4.69, 9.17) is 4.84 Å². The fraction of sp³-hybridized carbons (Fsp3) is 0.200. The number of imidazole rings is 1. The molecule has 13 heavy (non-hydrogen) atoms. The number of hydroxylamine groups is 1. The molecule has 0 atom stereocenters. The van der Waals surface area contributed by atoms with Crippen LogP contribution in [0.5, 0.6) is 0 Å². The first kappa shape index (κ1) is 7.68. The number of nitro groups is 1. The van der Waals surface area contributed by atoms with Crippen LogP contribution in [0.1, 0.15) is 5.82 Å². The third-order valence-corrected chi connectivity index (χ3v) is 1.44. The SMILES string of the molecule is O=[N+]([O-])c1cnc(C2=NCON2)[nH]1. The van der Waals surface area contributed by atoms with Crippen molar-refractivity contribution in [1.82, 2.24) is 15.4 Å². The van der Waals surface area contributed by atoms with E-state index in [1.807, 2.05) is 0 Å². The van der Waals surface area contributed by atoms with Gasteiger partial charge in [0.2, 0.25) is 5.84 Å². The summed E-state index contributed by atoms with van der Waals surface area (Å²) in [7, 11) is 0. The van der Waals surface area contributed by atoms with Crippen LogP contribution in [0, 0.1) is 10.1 Å². The Labute approximate surface area is 71.8 Å². The predicted octanol–water partition coefficient (Wildman–Crippen LogP) is -0.443. The Kier molecular flexibility index (Phi) is 1.67. The Morgan fingerprint density at radius 3 is 3.08 bits per heavy atom. The molecule has 0 aliphatic carbocycles. The van der Waals surface area contributed by atoms with Crippen molar-refractivity contribution < 1.29 is 9.76 Å². The van der Waals surface area contributed by atoms with Crippen LogP contribution in [0.3, 0.4) is 0 Å². The maximum Gasteiger partial charge on any atom is 0.341 e. The molecule has 0 fully saturated rings. The first-order chi connectivity index (χ1) is 6.27. The number of aromatic amines is 1. The molecule has 0 amide bonds. The monoisotopic (exact) mass is 183 g/mol. The second kappa shape index (κ2) is 2.83. The highest BCUT2D eigenvalue weighted by atomic mass is 16.7. The van der Waals surface area contributed by atoms with E-state index in [0.29, 0.717) is 11.7 Å². The molecule has 8 heteroatoms. The van der Waals surface area contributed by atoms with E-state index in [0.717, 1.165) is 6.20 Å². The van der Waals surface area contributed by atoms with Crippen LogP contribution < -0.4 is 5.48 Å². The summed E-state index contributed by atoms with van der Waals surface area (Å²) in [6, 6.07) is 0. The number of aromatic nitrogens is 2. The average molecular weight is 183 g/mol. The third-order valence-electron chi connectivity index (χ3n) is 1.44. The molecule has 1 aliphatic heterocycles. The van der Waals surface area contributed by atoms with Gasteiger partial charge in [-0.25, -0.2) is 20.4 Å². The summed E-state index contributed by atoms with van der Waals surface area (Å²) in [6.07, 6.45) is 1.12. The van der Waals surface area contributed by atoms with E-state index in [9.17, 15) is 10.1 Å². The number of nitrogens with one attached hydrogen (secondary N) is 2. The molecule has 2 heterocycles. The van der Waals surface area contributed by atoms with E-state index in [2.05, 4.69) is 20.4 Å². The summed E-state index contributed by atoms with van der Waals surface area (Å²) in [4.78, 5) is 24.5. The number of amidine groups is 1. The van der Waals surface area contributed by atoms with Crippen LogP contribution in [0.25, 0.3) is 0 Å². The van der Waals surface area contributed by atoms with Gasteiger partial charge in [0.1, 0.15) is 6.20 Å². The van der Waals surface area contributed by atoms with Crippen LogP contribution >= 0.6 is 0 Å². The fourth-order valence-corrected chi connectivity index (χ4v) is 0.878. The first-order valence-corrected chi connectivity index (χ1v) is 3.39. The zero-order valence-corrected chi connectivity index (χ0v) is 6.35. The second-order valence-corrected chi connectivity index (χ2v) is 2.26. The van der Waals surface area contributed by atoms with Crippen LogP contribution in [0.15, 0.2) is 11.2 Å². The van der Waals surface area contributed by atoms with E-state index in [-0.39, 0.29) is 12.5 Å². The van der Waals surface area contributed by atoms with Crippen LogP contribution in [-0.4, -0.2) is 27.5 Å². The van der Waals surface area contributed by atoms with E-state index in [1.165, 1.54) is 0 Å². The van der Waals surface area contributed by atoms with Crippen molar-refractivity contribution in [2.24, 2.45) is 4.99 Å². The lowest BCUT2D eigenvalue weighted by atomic mass is 10.6. The zero-order valence-electron chi connectivity index (χ0n) is 6.35. The van der Waals surface area contributed by atoms with Gasteiger partial charge in [0.05, 0.1) is 0 Å². The van der Waals surface area contributed by atoms with Crippen LogP contribution in [0.2, 0.25) is 0 Å². The summed E-state index contributed by atoms with van der Waals surface area (Å²) in [5.74, 6) is 0.490. The molecule has 68 valence electrons. The maximum atomic E-state index is 10.3. The molecule has 1 aliphatic rings. The third kappa shape index (κ3) is 1.34. The van der Waals surface area contributed by atoms with Crippen molar-refractivity contribution in [2.75, 3.05) is 6.73 Å². The summed E-state index contributed by atoms with van der Waals surface area (Å²) in [6.45, 7) is 0.184. The average Bonchev–Trinajstić information content (AvgIpc) is 2.75. The number of hydrogen-bond acceptors (Lipinski definition) is 6. The van der Waals surface area contributed by atoms with Gasteiger partial charge in [-0.15, -0.1) is 0 Å². The Balaban J connectivity index is 2.27. The molecule has 0 unspecified atom stereocenters. The highest BCUT2D eigenvalue weighted by Crippen LogP contribution is 2.07. The number of rotatable bonds is 2. The lowest BCUT2D eigenvalue weighted by molar-refractivity contribution is -0.389. The normalized spacial score (nSPS) is 15.2. The van der Waals surface area contributed by atoms with Gasteiger partial charge >= 0.3 is 5.82 Å². The van der Waals surface area contributed by atoms with Crippen LogP contribution in [0.4, 0.5) is 5.82 Å². The highest BCUT2D eigenvalue weighted by Gasteiger charge is 2.18. The molecule has 1 aromatic heterocycles. The smallest absolute Gasteiger partial charge is 0.341 e. The van der Waals surface area contributed by atoms with Crippen molar-refractivity contribution in [3.8, 4) is 0 Å². The Hall–Kier alpha value is -1.96. The van der Waals surface area contributed by atoms with Crippen molar-refractivity contribution in [3.63, 3.8) is 0 Å². The maximum absolute atomic E-state index is 10.3. The second-order valence-electron chi connectivity index (χ2n) is 2.26. The van der Waals surface area contributed by atoms with Gasteiger partial charge in [0, 0.05) is 0 Å². The van der Waals surface area contributed by atoms with Crippen molar-refractivity contribution in [1.29, 1.82) is 0 Å². The molecular weight excluding hydrogens is 178 g/mol. The Morgan fingerprint density at radius 2 is 2.54 bits per heavy atom. The van der Waals surface area contributed by atoms with Gasteiger partial charge in [-0.3, -0.25) is 4.84 Å². The lowest BCUT2D eigenvalue weighted by Crippen LogP contribution is -2.18. The molecular formula is C5H5N5O3.